The minimum absolute atomic E-state index is 0.0497. The Bertz CT molecular complexity index is 1320. The van der Waals surface area contributed by atoms with E-state index in [4.69, 9.17) is 36.4 Å². The van der Waals surface area contributed by atoms with Gasteiger partial charge in [0.1, 0.15) is 12.1 Å². The van der Waals surface area contributed by atoms with Gasteiger partial charge in [0.05, 0.1) is 18.3 Å². The van der Waals surface area contributed by atoms with E-state index in [1.807, 2.05) is 0 Å². The van der Waals surface area contributed by atoms with Crippen LogP contribution >= 0.6 is 0 Å². The van der Waals surface area contributed by atoms with Crippen molar-refractivity contribution in [1.82, 2.24) is 4.90 Å². The van der Waals surface area contributed by atoms with Crippen LogP contribution in [0.1, 0.15) is 78.1 Å². The predicted octanol–water partition coefficient (Wildman–Crippen LogP) is 3.56. The summed E-state index contributed by atoms with van der Waals surface area (Å²) in [6.07, 6.45) is -6.01. The van der Waals surface area contributed by atoms with Gasteiger partial charge in [-0.05, 0) is 47.9 Å². The summed E-state index contributed by atoms with van der Waals surface area (Å²) < 4.78 is 142. The topological polar surface area (TPSA) is 74.0 Å². The molecule has 2 N–H and O–H groups in total. The molecule has 30 heavy (non-hydrogen) atoms. The second-order valence-electron chi connectivity index (χ2n) is 7.53. The number of carbonyl (C=O) groups excluding carboxylic acids is 1. The lowest BCUT2D eigenvalue weighted by Gasteiger charge is -2.47. The highest BCUT2D eigenvalue weighted by Gasteiger charge is 2.41. The molecule has 2 aliphatic heterocycles. The van der Waals surface area contributed by atoms with Crippen molar-refractivity contribution in [2.24, 2.45) is 23.4 Å². The Kier molecular flexibility index (Phi) is 3.26. The summed E-state index contributed by atoms with van der Waals surface area (Å²) in [5, 5.41) is 0. The summed E-state index contributed by atoms with van der Waals surface area (Å²) in [4.78, 5) is 14.6. The van der Waals surface area contributed by atoms with Gasteiger partial charge in [0.2, 0.25) is 0 Å². The molecular formula is C24H38N2O4. The van der Waals surface area contributed by atoms with E-state index in [1.54, 1.807) is 13.8 Å². The molecule has 0 spiro atoms. The van der Waals surface area contributed by atoms with Gasteiger partial charge in [-0.15, -0.1) is 0 Å². The number of hydrogen-bond donors (Lipinski definition) is 1. The minimum Gasteiger partial charge on any atom is -0.493 e. The number of methoxy groups -OCH3 is 2. The van der Waals surface area contributed by atoms with E-state index in [0.29, 0.717) is 0 Å². The van der Waals surface area contributed by atoms with Crippen LogP contribution < -0.4 is 15.2 Å². The Morgan fingerprint density at radius 2 is 2.10 bits per heavy atom. The van der Waals surface area contributed by atoms with Crippen molar-refractivity contribution in [3.63, 3.8) is 0 Å². The summed E-state index contributed by atoms with van der Waals surface area (Å²) in [5.41, 5.74) is 5.63. The smallest absolute Gasteiger partial charge is 0.323 e. The molecule has 2 aliphatic rings. The van der Waals surface area contributed by atoms with Crippen LogP contribution in [0.25, 0.3) is 0 Å². The van der Waals surface area contributed by atoms with Crippen molar-refractivity contribution in [3.05, 3.63) is 23.2 Å². The van der Waals surface area contributed by atoms with E-state index in [-0.39, 0.29) is 41.6 Å². The van der Waals surface area contributed by atoms with Crippen LogP contribution in [0.5, 0.6) is 11.5 Å². The van der Waals surface area contributed by atoms with Crippen molar-refractivity contribution < 1.29 is 39.6 Å². The Morgan fingerprint density at radius 3 is 2.73 bits per heavy atom. The van der Waals surface area contributed by atoms with Crippen LogP contribution in [-0.4, -0.2) is 50.3 Å². The third-order valence-electron chi connectivity index (χ3n) is 4.90. The molecule has 3 unspecified atom stereocenters. The van der Waals surface area contributed by atoms with E-state index in [1.165, 1.54) is 14.2 Å². The van der Waals surface area contributed by atoms with Crippen LogP contribution in [-0.2, 0) is 16.0 Å². The average molecular weight is 434 g/mol. The number of esters is 1. The van der Waals surface area contributed by atoms with E-state index in [2.05, 4.69) is 0 Å². The molecule has 0 amide bonds. The average Bonchev–Trinajstić information content (AvgIpc) is 2.89. The number of nitrogens with two attached hydrogens (primary N) is 1. The van der Waals surface area contributed by atoms with Crippen LogP contribution in [0.4, 0.5) is 0 Å². The zero-order valence-electron chi connectivity index (χ0n) is 32.5. The molecule has 4 atom stereocenters. The van der Waals surface area contributed by atoms with Crippen molar-refractivity contribution >= 4 is 5.97 Å². The number of hydrogen-bond acceptors (Lipinski definition) is 6. The van der Waals surface area contributed by atoms with Crippen molar-refractivity contribution in [3.8, 4) is 11.5 Å². The maximum absolute atomic E-state index is 13.6. The summed E-state index contributed by atoms with van der Waals surface area (Å²) in [5.74, 6) is -9.72. The highest BCUT2D eigenvalue weighted by molar-refractivity contribution is 5.76. The van der Waals surface area contributed by atoms with E-state index in [9.17, 15) is 8.91 Å². The van der Waals surface area contributed by atoms with Crippen LogP contribution in [0.15, 0.2) is 12.1 Å². The molecule has 0 radical (unpaired) electrons. The number of piperidine rings is 1. The molecule has 1 aromatic rings. The van der Waals surface area contributed by atoms with Gasteiger partial charge in [-0.25, -0.2) is 0 Å². The molecule has 0 bridgehead atoms. The lowest BCUT2D eigenvalue weighted by molar-refractivity contribution is -0.160. The molecule has 2 heterocycles. The maximum atomic E-state index is 13.6. The molecule has 0 aliphatic carbocycles. The first-order valence-corrected chi connectivity index (χ1v) is 9.63. The van der Waals surface area contributed by atoms with Gasteiger partial charge >= 0.3 is 5.97 Å². The van der Waals surface area contributed by atoms with Crippen LogP contribution in [0.2, 0.25) is 0 Å². The third-order valence-corrected chi connectivity index (χ3v) is 4.90. The van der Waals surface area contributed by atoms with E-state index >= 15 is 0 Å². The second kappa shape index (κ2) is 9.56. The first kappa shape index (κ1) is 10.2. The monoisotopic (exact) mass is 433 g/mol. The first-order chi connectivity index (χ1) is 20.1. The number of benzene rings is 1. The lowest BCUT2D eigenvalue weighted by Crippen LogP contribution is -2.51. The van der Waals surface area contributed by atoms with Crippen molar-refractivity contribution in [2.75, 3.05) is 27.3 Å². The fourth-order valence-corrected chi connectivity index (χ4v) is 3.50. The summed E-state index contributed by atoms with van der Waals surface area (Å²) in [6, 6.07) is -6.40. The number of rotatable bonds is 7. The number of fused-ring (bicyclic) bond motifs is 3. The molecule has 3 rings (SSSR count). The minimum atomic E-state index is -3.99. The molecular weight excluding hydrogens is 380 g/mol. The fraction of sp³-hybridized carbons (Fsp3) is 0.708. The SMILES string of the molecule is [2H]c1c2c(c([2H])c(OC)c1OC)C1N(CC2)C([2H])([2H])C([2H])(CC(C)C)C(OC(=O)[C@@]([2H])(N)C([2H])(C([2H])([2H])[2H])C([2H])([2H])[2H])C1([2H])[2H]. The van der Waals surface area contributed by atoms with E-state index < -0.39 is 80.9 Å². The lowest BCUT2D eigenvalue weighted by atomic mass is 9.79. The summed E-state index contributed by atoms with van der Waals surface area (Å²) >= 11 is 0. The number of carbonyl (C=O) groups is 1. The largest absolute Gasteiger partial charge is 0.493 e. The highest BCUT2D eigenvalue weighted by Crippen LogP contribution is 2.44. The Morgan fingerprint density at radius 1 is 1.40 bits per heavy atom. The molecule has 168 valence electrons. The molecule has 0 aromatic heterocycles. The standard InChI is InChI=1S/C24H38N2O4/c1-14(2)9-17-13-26-8-7-16-10-21(28-5)22(29-6)11-18(16)19(26)12-20(17)30-24(27)23(25)15(3)4/h10-11,14-15,17,19-20,23H,7-9,12-13,25H2,1-6H3/t17?,19?,20?,23-/m0/s1/i3D3,4D3,10D,11D,12D2,13D2,15D,17D,23D. The zero-order valence-corrected chi connectivity index (χ0v) is 17.5. The van der Waals surface area contributed by atoms with Crippen LogP contribution in [0.3, 0.4) is 0 Å². The van der Waals surface area contributed by atoms with Gasteiger partial charge in [-0.1, -0.05) is 27.6 Å². The van der Waals surface area contributed by atoms with Gasteiger partial charge in [0.15, 0.2) is 11.5 Å². The van der Waals surface area contributed by atoms with Gasteiger partial charge in [-0.2, -0.15) is 0 Å². The zero-order chi connectivity index (χ0) is 35.1. The highest BCUT2D eigenvalue weighted by atomic mass is 16.5. The normalized spacial score (nSPS) is 40.3. The molecule has 1 aromatic carbocycles. The third kappa shape index (κ3) is 4.75. The quantitative estimate of drug-likeness (QED) is 0.663. The van der Waals surface area contributed by atoms with Gasteiger partial charge < -0.3 is 19.9 Å². The Hall–Kier alpha value is -1.79. The molecule has 1 fully saturated rings. The maximum Gasteiger partial charge on any atom is 0.323 e. The van der Waals surface area contributed by atoms with Gasteiger partial charge in [0.25, 0.3) is 0 Å². The molecule has 0 saturated carbocycles. The fourth-order valence-electron chi connectivity index (χ4n) is 3.50. The molecule has 6 nitrogen and oxygen atoms in total. The van der Waals surface area contributed by atoms with Gasteiger partial charge in [-0.3, -0.25) is 9.69 Å². The Balaban J connectivity index is 2.35. The second-order valence-corrected chi connectivity index (χ2v) is 7.53. The summed E-state index contributed by atoms with van der Waals surface area (Å²) in [6.45, 7) is -7.60. The first-order valence-electron chi connectivity index (χ1n) is 17.1. The van der Waals surface area contributed by atoms with E-state index in [0.717, 1.165) is 4.90 Å². The summed E-state index contributed by atoms with van der Waals surface area (Å²) in [7, 11) is 2.44. The Labute approximate surface area is 202 Å². The molecule has 6 heteroatoms. The molecule has 1 saturated heterocycles. The number of ether oxygens (including phenoxy) is 3. The van der Waals surface area contributed by atoms with Gasteiger partial charge in [0, 0.05) is 47.8 Å². The van der Waals surface area contributed by atoms with Crippen LogP contribution in [0, 0.1) is 17.7 Å². The van der Waals surface area contributed by atoms with Crippen molar-refractivity contribution in [1.29, 1.82) is 0 Å². The number of nitrogens with zero attached hydrogens (tertiary/aromatic N) is 1. The predicted molar refractivity (Wildman–Crippen MR) is 118 cm³/mol. The van der Waals surface area contributed by atoms with Crippen molar-refractivity contribution in [2.45, 2.75) is 64.9 Å².